The molecule has 0 aliphatic carbocycles. The molecule has 0 fully saturated rings. The Bertz CT molecular complexity index is 141. The molecule has 0 radical (unpaired) electrons. The molecule has 1 unspecified atom stereocenters. The van der Waals surface area contributed by atoms with Crippen LogP contribution in [0.2, 0.25) is 0 Å². The van der Waals surface area contributed by atoms with Crippen molar-refractivity contribution < 1.29 is 8.85 Å². The molecule has 5 heteroatoms. The van der Waals surface area contributed by atoms with Crippen molar-refractivity contribution in [2.24, 2.45) is 0 Å². The fourth-order valence-electron chi connectivity index (χ4n) is 1.17. The highest BCUT2D eigenvalue weighted by Gasteiger charge is 2.38. The lowest BCUT2D eigenvalue weighted by Crippen LogP contribution is -2.68. The fourth-order valence-corrected chi connectivity index (χ4v) is 3.52. The smallest absolute Gasteiger partial charge is 0.371 e. The van der Waals surface area contributed by atoms with Crippen molar-refractivity contribution in [1.29, 1.82) is 0 Å². The molecule has 14 heavy (non-hydrogen) atoms. The molecule has 0 aromatic heterocycles. The minimum Gasteiger partial charge on any atom is -0.371 e. The molecule has 0 heterocycles. The van der Waals surface area contributed by atoms with Gasteiger partial charge in [0.2, 0.25) is 0 Å². The zero-order valence-corrected chi connectivity index (χ0v) is 11.0. The zero-order chi connectivity index (χ0) is 11.0. The van der Waals surface area contributed by atoms with Crippen LogP contribution in [0.25, 0.3) is 0 Å². The molecule has 0 aliphatic rings. The predicted octanol–water partition coefficient (Wildman–Crippen LogP) is 1.10. The largest absolute Gasteiger partial charge is 0.516 e. The zero-order valence-electron chi connectivity index (χ0n) is 10.0. The first-order chi connectivity index (χ1) is 6.64. The highest BCUT2D eigenvalue weighted by atomic mass is 28.4. The van der Waals surface area contributed by atoms with Crippen LogP contribution in [0.5, 0.6) is 0 Å². The summed E-state index contributed by atoms with van der Waals surface area (Å²) in [6.07, 6.45) is 1.07. The third-order valence-electron chi connectivity index (χ3n) is 2.07. The van der Waals surface area contributed by atoms with Crippen LogP contribution in [0.15, 0.2) is 0 Å². The van der Waals surface area contributed by atoms with Gasteiger partial charge in [0.25, 0.3) is 0 Å². The van der Waals surface area contributed by atoms with E-state index >= 15 is 0 Å². The van der Waals surface area contributed by atoms with Gasteiger partial charge in [-0.15, -0.1) is 0 Å². The number of hydrogen-bond acceptors (Lipinski definition) is 4. The average molecular weight is 220 g/mol. The molecule has 1 atom stereocenters. The minimum atomic E-state index is -2.35. The first kappa shape index (κ1) is 14.1. The van der Waals surface area contributed by atoms with E-state index in [9.17, 15) is 0 Å². The Morgan fingerprint density at radius 3 is 1.93 bits per heavy atom. The van der Waals surface area contributed by atoms with Gasteiger partial charge in [-0.05, 0) is 27.3 Å². The first-order valence-corrected chi connectivity index (χ1v) is 7.20. The Balaban J connectivity index is 4.31. The predicted molar refractivity (Wildman–Crippen MR) is 61.0 cm³/mol. The number of rotatable bonds is 8. The summed E-state index contributed by atoms with van der Waals surface area (Å²) < 4.78 is 11.4. The summed E-state index contributed by atoms with van der Waals surface area (Å²) in [6.45, 7) is 9.57. The molecule has 86 valence electrons. The second-order valence-electron chi connectivity index (χ2n) is 3.19. The van der Waals surface area contributed by atoms with Crippen LogP contribution in [0, 0.1) is 0 Å². The summed E-state index contributed by atoms with van der Waals surface area (Å²) in [5.74, 6) is 0. The van der Waals surface area contributed by atoms with Gasteiger partial charge in [-0.1, -0.05) is 13.8 Å². The first-order valence-electron chi connectivity index (χ1n) is 5.38. The van der Waals surface area contributed by atoms with E-state index in [4.69, 9.17) is 8.85 Å². The summed E-state index contributed by atoms with van der Waals surface area (Å²) in [6, 6.07) is 0.409. The van der Waals surface area contributed by atoms with E-state index in [1.54, 1.807) is 0 Å². The van der Waals surface area contributed by atoms with Crippen LogP contribution in [-0.4, -0.2) is 35.2 Å². The lowest BCUT2D eigenvalue weighted by Gasteiger charge is -2.31. The molecular formula is C9H24N2O2Si. The van der Waals surface area contributed by atoms with Gasteiger partial charge in [0.1, 0.15) is 0 Å². The molecule has 2 N–H and O–H groups in total. The van der Waals surface area contributed by atoms with Crippen molar-refractivity contribution in [2.45, 2.75) is 40.2 Å². The van der Waals surface area contributed by atoms with E-state index in [0.29, 0.717) is 19.3 Å². The summed E-state index contributed by atoms with van der Waals surface area (Å²) >= 11 is 0. The maximum atomic E-state index is 5.69. The molecule has 4 nitrogen and oxygen atoms in total. The number of nitrogens with one attached hydrogen (secondary N) is 2. The summed E-state index contributed by atoms with van der Waals surface area (Å²) in [5, 5.41) is 0. The molecule has 0 aromatic carbocycles. The van der Waals surface area contributed by atoms with Crippen LogP contribution in [-0.2, 0) is 8.85 Å². The maximum Gasteiger partial charge on any atom is 0.516 e. The van der Waals surface area contributed by atoms with Crippen molar-refractivity contribution >= 4 is 8.88 Å². The van der Waals surface area contributed by atoms with Crippen LogP contribution in [0.1, 0.15) is 34.1 Å². The molecular weight excluding hydrogens is 196 g/mol. The minimum absolute atomic E-state index is 0.409. The molecule has 0 aliphatic heterocycles. The van der Waals surface area contributed by atoms with Gasteiger partial charge in [-0.2, -0.15) is 0 Å². The van der Waals surface area contributed by atoms with Gasteiger partial charge in [0.05, 0.1) is 0 Å². The van der Waals surface area contributed by atoms with E-state index in [1.807, 2.05) is 20.9 Å². The molecule has 0 rings (SSSR count). The van der Waals surface area contributed by atoms with Gasteiger partial charge in [0.15, 0.2) is 0 Å². The molecule has 0 saturated heterocycles. The summed E-state index contributed by atoms with van der Waals surface area (Å²) in [7, 11) is -0.472. The van der Waals surface area contributed by atoms with E-state index in [0.717, 1.165) is 6.42 Å². The lowest BCUT2D eigenvalue weighted by molar-refractivity contribution is 0.158. The van der Waals surface area contributed by atoms with Crippen molar-refractivity contribution in [3.05, 3.63) is 0 Å². The van der Waals surface area contributed by atoms with Gasteiger partial charge in [-0.25, -0.2) is 0 Å². The maximum absolute atomic E-state index is 5.69. The second-order valence-corrected chi connectivity index (χ2v) is 5.79. The molecule has 0 spiro atoms. The quantitative estimate of drug-likeness (QED) is 0.601. The molecule has 0 bridgehead atoms. The summed E-state index contributed by atoms with van der Waals surface area (Å²) in [5.41, 5.74) is 0. The third kappa shape index (κ3) is 4.52. The SMILES string of the molecule is CCO[Si](NC)(NC(C)CC)OCC. The lowest BCUT2D eigenvalue weighted by atomic mass is 10.3. The van der Waals surface area contributed by atoms with Gasteiger partial charge < -0.3 is 8.85 Å². The van der Waals surface area contributed by atoms with Gasteiger partial charge in [-0.3, -0.25) is 9.96 Å². The Labute approximate surface area is 88.8 Å². The van der Waals surface area contributed by atoms with Crippen molar-refractivity contribution in [3.8, 4) is 0 Å². The van der Waals surface area contributed by atoms with E-state index in [-0.39, 0.29) is 0 Å². The fraction of sp³-hybridized carbons (Fsp3) is 1.00. The van der Waals surface area contributed by atoms with Gasteiger partial charge in [0, 0.05) is 19.3 Å². The third-order valence-corrected chi connectivity index (χ3v) is 4.99. The van der Waals surface area contributed by atoms with Crippen LogP contribution in [0.3, 0.4) is 0 Å². The van der Waals surface area contributed by atoms with E-state index in [1.165, 1.54) is 0 Å². The van der Waals surface area contributed by atoms with Crippen LogP contribution >= 0.6 is 0 Å². The van der Waals surface area contributed by atoms with Crippen LogP contribution < -0.4 is 9.96 Å². The molecule has 0 amide bonds. The average Bonchev–Trinajstić information content (AvgIpc) is 2.18. The summed E-state index contributed by atoms with van der Waals surface area (Å²) in [4.78, 5) is 6.58. The normalized spacial score (nSPS) is 14.4. The van der Waals surface area contributed by atoms with Crippen molar-refractivity contribution in [3.63, 3.8) is 0 Å². The molecule has 0 aromatic rings. The Morgan fingerprint density at radius 1 is 1.14 bits per heavy atom. The Kier molecular flexibility index (Phi) is 7.39. The standard InChI is InChI=1S/C9H24N2O2Si/c1-6-9(4)11-14(10-5,12-7-2)13-8-3/h9-11H,6-8H2,1-5H3. The monoisotopic (exact) mass is 220 g/mol. The Hall–Kier alpha value is 0.0569. The topological polar surface area (TPSA) is 42.5 Å². The van der Waals surface area contributed by atoms with Crippen molar-refractivity contribution in [1.82, 2.24) is 9.96 Å². The highest BCUT2D eigenvalue weighted by molar-refractivity contribution is 6.62. The molecule has 0 saturated carbocycles. The Morgan fingerprint density at radius 2 is 1.64 bits per heavy atom. The number of hydrogen-bond donors (Lipinski definition) is 2. The van der Waals surface area contributed by atoms with E-state index < -0.39 is 8.88 Å². The van der Waals surface area contributed by atoms with Crippen LogP contribution in [0.4, 0.5) is 0 Å². The van der Waals surface area contributed by atoms with E-state index in [2.05, 4.69) is 23.8 Å². The van der Waals surface area contributed by atoms with Crippen molar-refractivity contribution in [2.75, 3.05) is 20.3 Å². The van der Waals surface area contributed by atoms with Gasteiger partial charge >= 0.3 is 8.88 Å². The second kappa shape index (κ2) is 7.36. The highest BCUT2D eigenvalue weighted by Crippen LogP contribution is 2.02.